The number of aryl methyl sites for hydroxylation is 1. The van der Waals surface area contributed by atoms with E-state index in [-0.39, 0.29) is 11.1 Å². The summed E-state index contributed by atoms with van der Waals surface area (Å²) in [5, 5.41) is 0.0733. The van der Waals surface area contributed by atoms with Crippen LogP contribution < -0.4 is 11.3 Å². The maximum atomic E-state index is 14.2. The van der Waals surface area contributed by atoms with Gasteiger partial charge in [0.1, 0.15) is 5.82 Å². The van der Waals surface area contributed by atoms with Crippen molar-refractivity contribution in [1.82, 2.24) is 10.4 Å². The lowest BCUT2D eigenvalue weighted by molar-refractivity contribution is 0.485. The van der Waals surface area contributed by atoms with E-state index in [4.69, 9.17) is 17.4 Å². The molecule has 0 radical (unpaired) electrons. The summed E-state index contributed by atoms with van der Waals surface area (Å²) in [6.07, 6.45) is 4.90. The van der Waals surface area contributed by atoms with Gasteiger partial charge in [-0.1, -0.05) is 23.7 Å². The standard InChI is InChI=1S/C14H14BrClFN3/c15-11-5-4-10(14(17)13(11)16)12(20-18)6-3-9-2-1-7-19-8-9/h1-2,4-5,7-8,12,20H,3,6,18H2. The zero-order valence-corrected chi connectivity index (χ0v) is 13.0. The summed E-state index contributed by atoms with van der Waals surface area (Å²) in [7, 11) is 0. The molecule has 0 aliphatic rings. The summed E-state index contributed by atoms with van der Waals surface area (Å²) in [6.45, 7) is 0. The molecule has 0 bridgehead atoms. The van der Waals surface area contributed by atoms with Gasteiger partial charge in [0.25, 0.3) is 0 Å². The number of hydrogen-bond donors (Lipinski definition) is 2. The van der Waals surface area contributed by atoms with Gasteiger partial charge in [-0.15, -0.1) is 0 Å². The number of hydrogen-bond acceptors (Lipinski definition) is 3. The smallest absolute Gasteiger partial charge is 0.147 e. The number of benzene rings is 1. The van der Waals surface area contributed by atoms with Crippen LogP contribution in [-0.2, 0) is 6.42 Å². The maximum Gasteiger partial charge on any atom is 0.147 e. The molecular weight excluding hydrogens is 345 g/mol. The van der Waals surface area contributed by atoms with Crippen LogP contribution in [0.4, 0.5) is 4.39 Å². The normalized spacial score (nSPS) is 12.4. The minimum absolute atomic E-state index is 0.0733. The fourth-order valence-corrected chi connectivity index (χ4v) is 2.47. The highest BCUT2D eigenvalue weighted by atomic mass is 79.9. The summed E-state index contributed by atoms with van der Waals surface area (Å²) >= 11 is 9.10. The van der Waals surface area contributed by atoms with Gasteiger partial charge in [-0.05, 0) is 46.5 Å². The number of halogens is 3. The molecule has 2 rings (SSSR count). The van der Waals surface area contributed by atoms with Crippen molar-refractivity contribution in [2.45, 2.75) is 18.9 Å². The van der Waals surface area contributed by atoms with Gasteiger partial charge in [0.05, 0.1) is 5.02 Å². The first-order chi connectivity index (χ1) is 9.63. The fraction of sp³-hybridized carbons (Fsp3) is 0.214. The van der Waals surface area contributed by atoms with Crippen molar-refractivity contribution in [2.24, 2.45) is 5.84 Å². The molecule has 20 heavy (non-hydrogen) atoms. The Morgan fingerprint density at radius 1 is 1.40 bits per heavy atom. The van der Waals surface area contributed by atoms with Crippen LogP contribution in [0, 0.1) is 5.82 Å². The Morgan fingerprint density at radius 3 is 2.85 bits per heavy atom. The number of nitrogens with two attached hydrogens (primary N) is 1. The molecule has 0 aliphatic carbocycles. The van der Waals surface area contributed by atoms with Crippen molar-refractivity contribution in [2.75, 3.05) is 0 Å². The van der Waals surface area contributed by atoms with E-state index in [1.165, 1.54) is 0 Å². The molecule has 0 saturated carbocycles. The SMILES string of the molecule is NNC(CCc1cccnc1)c1ccc(Br)c(Cl)c1F. The molecule has 0 amide bonds. The first-order valence-corrected chi connectivity index (χ1v) is 7.29. The Kier molecular flexibility index (Phi) is 5.48. The molecule has 106 valence electrons. The Morgan fingerprint density at radius 2 is 2.20 bits per heavy atom. The molecule has 1 aromatic heterocycles. The summed E-state index contributed by atoms with van der Waals surface area (Å²) in [4.78, 5) is 4.05. The average molecular weight is 359 g/mol. The average Bonchev–Trinajstić information content (AvgIpc) is 2.48. The highest BCUT2D eigenvalue weighted by Crippen LogP contribution is 2.31. The molecule has 3 N–H and O–H groups in total. The number of rotatable bonds is 5. The highest BCUT2D eigenvalue weighted by Gasteiger charge is 2.18. The Balaban J connectivity index is 2.15. The van der Waals surface area contributed by atoms with E-state index in [2.05, 4.69) is 26.3 Å². The second kappa shape index (κ2) is 7.13. The number of aromatic nitrogens is 1. The largest absolute Gasteiger partial charge is 0.271 e. The van der Waals surface area contributed by atoms with Gasteiger partial charge >= 0.3 is 0 Å². The van der Waals surface area contributed by atoms with Gasteiger partial charge in [-0.2, -0.15) is 0 Å². The van der Waals surface area contributed by atoms with Crippen molar-refractivity contribution in [1.29, 1.82) is 0 Å². The van der Waals surface area contributed by atoms with Gasteiger partial charge in [0.2, 0.25) is 0 Å². The third-order valence-electron chi connectivity index (χ3n) is 3.09. The first-order valence-electron chi connectivity index (χ1n) is 6.12. The van der Waals surface area contributed by atoms with E-state index in [1.807, 2.05) is 12.1 Å². The van der Waals surface area contributed by atoms with E-state index in [1.54, 1.807) is 24.5 Å². The minimum Gasteiger partial charge on any atom is -0.271 e. The molecule has 1 atom stereocenters. The van der Waals surface area contributed by atoms with E-state index in [9.17, 15) is 4.39 Å². The Hall–Kier alpha value is -1.01. The second-order valence-corrected chi connectivity index (χ2v) is 5.62. The third kappa shape index (κ3) is 3.55. The summed E-state index contributed by atoms with van der Waals surface area (Å²) in [6, 6.07) is 6.94. The van der Waals surface area contributed by atoms with Crippen LogP contribution in [0.15, 0.2) is 41.1 Å². The zero-order chi connectivity index (χ0) is 14.5. The molecule has 1 aromatic carbocycles. The van der Waals surface area contributed by atoms with Crippen LogP contribution in [0.1, 0.15) is 23.6 Å². The number of pyridine rings is 1. The van der Waals surface area contributed by atoms with Crippen LogP contribution in [0.3, 0.4) is 0 Å². The number of hydrazine groups is 1. The number of nitrogens with zero attached hydrogens (tertiary/aromatic N) is 1. The fourth-order valence-electron chi connectivity index (χ4n) is 2.00. The minimum atomic E-state index is -0.449. The quantitative estimate of drug-likeness (QED) is 0.486. The summed E-state index contributed by atoms with van der Waals surface area (Å²) in [5.74, 6) is 5.09. The molecule has 1 heterocycles. The predicted molar refractivity (Wildman–Crippen MR) is 81.7 cm³/mol. The molecule has 0 fully saturated rings. The third-order valence-corrected chi connectivity index (χ3v) is 4.34. The monoisotopic (exact) mass is 357 g/mol. The lowest BCUT2D eigenvalue weighted by Gasteiger charge is -2.18. The van der Waals surface area contributed by atoms with Crippen molar-refractivity contribution in [3.8, 4) is 0 Å². The van der Waals surface area contributed by atoms with Gasteiger partial charge in [0, 0.05) is 28.5 Å². The molecular formula is C14H14BrClFN3. The highest BCUT2D eigenvalue weighted by molar-refractivity contribution is 9.10. The zero-order valence-electron chi connectivity index (χ0n) is 10.6. The molecule has 2 aromatic rings. The van der Waals surface area contributed by atoms with Gasteiger partial charge in [-0.25, -0.2) is 4.39 Å². The van der Waals surface area contributed by atoms with E-state index >= 15 is 0 Å². The molecule has 3 nitrogen and oxygen atoms in total. The molecule has 0 spiro atoms. The molecule has 0 aliphatic heterocycles. The van der Waals surface area contributed by atoms with E-state index < -0.39 is 5.82 Å². The van der Waals surface area contributed by atoms with Gasteiger partial charge in [0.15, 0.2) is 0 Å². The van der Waals surface area contributed by atoms with Crippen LogP contribution in [0.2, 0.25) is 5.02 Å². The number of nitrogens with one attached hydrogen (secondary N) is 1. The Labute approximate surface area is 130 Å². The maximum absolute atomic E-state index is 14.2. The lowest BCUT2D eigenvalue weighted by Crippen LogP contribution is -2.29. The molecule has 6 heteroatoms. The van der Waals surface area contributed by atoms with Crippen molar-refractivity contribution >= 4 is 27.5 Å². The van der Waals surface area contributed by atoms with E-state index in [0.717, 1.165) is 12.0 Å². The topological polar surface area (TPSA) is 50.9 Å². The summed E-state index contributed by atoms with van der Waals surface area (Å²) < 4.78 is 14.7. The first kappa shape index (κ1) is 15.4. The van der Waals surface area contributed by atoms with Crippen molar-refractivity contribution < 1.29 is 4.39 Å². The van der Waals surface area contributed by atoms with Crippen LogP contribution in [-0.4, -0.2) is 4.98 Å². The van der Waals surface area contributed by atoms with Gasteiger partial charge < -0.3 is 0 Å². The van der Waals surface area contributed by atoms with E-state index in [0.29, 0.717) is 16.5 Å². The lowest BCUT2D eigenvalue weighted by atomic mass is 10.00. The van der Waals surface area contributed by atoms with Crippen LogP contribution in [0.5, 0.6) is 0 Å². The van der Waals surface area contributed by atoms with Gasteiger partial charge in [-0.3, -0.25) is 16.3 Å². The Bertz CT molecular complexity index is 580. The summed E-state index contributed by atoms with van der Waals surface area (Å²) in [5.41, 5.74) is 4.18. The molecule has 1 unspecified atom stereocenters. The van der Waals surface area contributed by atoms with Crippen molar-refractivity contribution in [3.63, 3.8) is 0 Å². The van der Waals surface area contributed by atoms with Crippen LogP contribution >= 0.6 is 27.5 Å². The van der Waals surface area contributed by atoms with Crippen molar-refractivity contribution in [3.05, 3.63) is 63.1 Å². The predicted octanol–water partition coefficient (Wildman–Crippen LogP) is 3.77. The van der Waals surface area contributed by atoms with Crippen LogP contribution in [0.25, 0.3) is 0 Å². The second-order valence-electron chi connectivity index (χ2n) is 4.38. The molecule has 0 saturated heterocycles.